The van der Waals surface area contributed by atoms with Crippen molar-refractivity contribution in [2.24, 2.45) is 7.05 Å². The molecule has 7 heteroatoms. The van der Waals surface area contributed by atoms with Crippen molar-refractivity contribution in [3.8, 4) is 0 Å². The second kappa shape index (κ2) is 5.64. The molecule has 6 nitrogen and oxygen atoms in total. The molecular weight excluding hydrogens is 278 g/mol. The molecule has 0 aliphatic rings. The van der Waals surface area contributed by atoms with Gasteiger partial charge < -0.3 is 10.4 Å². The number of nitrogens with one attached hydrogen (secondary N) is 1. The Morgan fingerprint density at radius 2 is 2.38 bits per heavy atom. The minimum atomic E-state index is -0.831. The number of rotatable bonds is 5. The van der Waals surface area contributed by atoms with Crippen LogP contribution in [0.5, 0.6) is 0 Å². The molecule has 1 aromatic rings. The number of anilines is 1. The smallest absolute Gasteiger partial charge is 0.303 e. The molecule has 0 aliphatic carbocycles. The van der Waals surface area contributed by atoms with E-state index in [1.807, 2.05) is 0 Å². The zero-order valence-electron chi connectivity index (χ0n) is 8.73. The van der Waals surface area contributed by atoms with Crippen LogP contribution in [0.15, 0.2) is 15.5 Å². The molecule has 2 N–H and O–H groups in total. The molecule has 0 unspecified atom stereocenters. The lowest BCUT2D eigenvalue weighted by Gasteiger charge is -2.07. The first-order valence-corrected chi connectivity index (χ1v) is 5.49. The third-order valence-corrected chi connectivity index (χ3v) is 2.73. The number of aryl methyl sites for hydroxylation is 1. The number of aliphatic carboxylic acids is 1. The van der Waals surface area contributed by atoms with Crippen LogP contribution in [0.25, 0.3) is 0 Å². The van der Waals surface area contributed by atoms with E-state index in [1.165, 1.54) is 10.9 Å². The van der Waals surface area contributed by atoms with Gasteiger partial charge >= 0.3 is 5.97 Å². The van der Waals surface area contributed by atoms with E-state index in [0.29, 0.717) is 23.1 Å². The van der Waals surface area contributed by atoms with Crippen LogP contribution in [0, 0.1) is 0 Å². The summed E-state index contributed by atoms with van der Waals surface area (Å²) in [4.78, 5) is 21.7. The van der Waals surface area contributed by atoms with Gasteiger partial charge in [-0.2, -0.15) is 5.10 Å². The lowest BCUT2D eigenvalue weighted by Crippen LogP contribution is -2.21. The average molecular weight is 290 g/mol. The maximum atomic E-state index is 11.4. The Labute approximate surface area is 100 Å². The molecule has 0 saturated carbocycles. The lowest BCUT2D eigenvalue weighted by molar-refractivity contribution is -0.137. The highest BCUT2D eigenvalue weighted by Crippen LogP contribution is 2.15. The van der Waals surface area contributed by atoms with Crippen LogP contribution in [0.4, 0.5) is 5.69 Å². The molecule has 0 spiro atoms. The topological polar surface area (TPSA) is 84.2 Å². The minimum Gasteiger partial charge on any atom is -0.481 e. The fourth-order valence-electron chi connectivity index (χ4n) is 1.10. The number of carboxylic acid groups (broad SMARTS) is 1. The molecular formula is C9H12BrN3O3. The van der Waals surface area contributed by atoms with Crippen molar-refractivity contribution in [2.45, 2.75) is 12.8 Å². The first kappa shape index (κ1) is 12.7. The van der Waals surface area contributed by atoms with E-state index in [2.05, 4.69) is 26.3 Å². The quantitative estimate of drug-likeness (QED) is 0.784. The van der Waals surface area contributed by atoms with E-state index in [4.69, 9.17) is 5.11 Å². The first-order chi connectivity index (χ1) is 7.52. The number of aromatic nitrogens is 2. The van der Waals surface area contributed by atoms with Crippen LogP contribution >= 0.6 is 15.9 Å². The van der Waals surface area contributed by atoms with Gasteiger partial charge in [0.1, 0.15) is 4.47 Å². The third-order valence-electron chi connectivity index (χ3n) is 1.96. The van der Waals surface area contributed by atoms with Gasteiger partial charge in [-0.05, 0) is 22.4 Å². The molecule has 0 atom stereocenters. The molecule has 0 amide bonds. The number of nitrogens with zero attached hydrogens (tertiary/aromatic N) is 2. The second-order valence-corrected chi connectivity index (χ2v) is 4.02. The summed E-state index contributed by atoms with van der Waals surface area (Å²) in [7, 11) is 1.56. The molecule has 0 bridgehead atoms. The number of hydrogen-bond acceptors (Lipinski definition) is 4. The largest absolute Gasteiger partial charge is 0.481 e. The molecule has 1 heterocycles. The molecule has 0 radical (unpaired) electrons. The van der Waals surface area contributed by atoms with Gasteiger partial charge in [-0.25, -0.2) is 4.68 Å². The van der Waals surface area contributed by atoms with Crippen LogP contribution in [-0.2, 0) is 11.8 Å². The predicted molar refractivity (Wildman–Crippen MR) is 62.5 cm³/mol. The number of carbonyl (C=O) groups is 1. The van der Waals surface area contributed by atoms with Crippen molar-refractivity contribution < 1.29 is 9.90 Å². The Morgan fingerprint density at radius 1 is 1.69 bits per heavy atom. The van der Waals surface area contributed by atoms with Gasteiger partial charge in [-0.15, -0.1) is 0 Å². The highest BCUT2D eigenvalue weighted by atomic mass is 79.9. The molecule has 88 valence electrons. The standard InChI is InChI=1S/C9H12BrN3O3/c1-13-9(16)8(10)6(5-12-13)11-4-2-3-7(14)15/h5,11H,2-4H2,1H3,(H,14,15). The number of carboxylic acids is 1. The maximum Gasteiger partial charge on any atom is 0.303 e. The monoisotopic (exact) mass is 289 g/mol. The van der Waals surface area contributed by atoms with Crippen LogP contribution in [0.1, 0.15) is 12.8 Å². The van der Waals surface area contributed by atoms with E-state index in [9.17, 15) is 9.59 Å². The normalized spacial score (nSPS) is 10.1. The Balaban J connectivity index is 2.58. The Kier molecular flexibility index (Phi) is 4.48. The Hall–Kier alpha value is -1.37. The van der Waals surface area contributed by atoms with Gasteiger partial charge in [0, 0.05) is 20.0 Å². The fraction of sp³-hybridized carbons (Fsp3) is 0.444. The van der Waals surface area contributed by atoms with Crippen molar-refractivity contribution in [3.05, 3.63) is 21.0 Å². The molecule has 1 aromatic heterocycles. The van der Waals surface area contributed by atoms with Gasteiger partial charge in [-0.1, -0.05) is 0 Å². The summed E-state index contributed by atoms with van der Waals surface area (Å²) in [5.41, 5.74) is 0.344. The third kappa shape index (κ3) is 3.34. The SMILES string of the molecule is Cn1ncc(NCCCC(=O)O)c(Br)c1=O. The molecule has 0 saturated heterocycles. The van der Waals surface area contributed by atoms with Crippen molar-refractivity contribution in [2.75, 3.05) is 11.9 Å². The fourth-order valence-corrected chi connectivity index (χ4v) is 1.60. The first-order valence-electron chi connectivity index (χ1n) is 4.70. The summed E-state index contributed by atoms with van der Waals surface area (Å²) in [6, 6.07) is 0. The van der Waals surface area contributed by atoms with E-state index >= 15 is 0 Å². The molecule has 0 aromatic carbocycles. The molecule has 16 heavy (non-hydrogen) atoms. The van der Waals surface area contributed by atoms with Gasteiger partial charge in [0.15, 0.2) is 0 Å². The van der Waals surface area contributed by atoms with Crippen LogP contribution in [0.2, 0.25) is 0 Å². The zero-order chi connectivity index (χ0) is 12.1. The Morgan fingerprint density at radius 3 is 3.00 bits per heavy atom. The van der Waals surface area contributed by atoms with Gasteiger partial charge in [0.25, 0.3) is 5.56 Å². The van der Waals surface area contributed by atoms with E-state index in [-0.39, 0.29) is 12.0 Å². The molecule has 0 aliphatic heterocycles. The summed E-state index contributed by atoms with van der Waals surface area (Å²) in [5, 5.41) is 15.2. The van der Waals surface area contributed by atoms with Crippen molar-refractivity contribution in [3.63, 3.8) is 0 Å². The van der Waals surface area contributed by atoms with Gasteiger partial charge in [-0.3, -0.25) is 9.59 Å². The summed E-state index contributed by atoms with van der Waals surface area (Å²) in [6.45, 7) is 0.486. The lowest BCUT2D eigenvalue weighted by atomic mass is 10.3. The predicted octanol–water partition coefficient (Wildman–Crippen LogP) is 0.819. The van der Waals surface area contributed by atoms with Gasteiger partial charge in [0.05, 0.1) is 11.9 Å². The maximum absolute atomic E-state index is 11.4. The highest BCUT2D eigenvalue weighted by Gasteiger charge is 2.06. The Bertz CT molecular complexity index is 444. The highest BCUT2D eigenvalue weighted by molar-refractivity contribution is 9.10. The number of hydrogen-bond donors (Lipinski definition) is 2. The second-order valence-electron chi connectivity index (χ2n) is 3.23. The van der Waals surface area contributed by atoms with E-state index in [0.717, 1.165) is 0 Å². The minimum absolute atomic E-state index is 0.100. The van der Waals surface area contributed by atoms with Crippen LogP contribution in [0.3, 0.4) is 0 Å². The molecule has 0 fully saturated rings. The van der Waals surface area contributed by atoms with Crippen molar-refractivity contribution in [1.82, 2.24) is 9.78 Å². The van der Waals surface area contributed by atoms with Gasteiger partial charge in [0.2, 0.25) is 0 Å². The summed E-state index contributed by atoms with van der Waals surface area (Å²) in [5.74, 6) is -0.831. The number of halogens is 1. The van der Waals surface area contributed by atoms with E-state index < -0.39 is 5.97 Å². The molecule has 1 rings (SSSR count). The zero-order valence-corrected chi connectivity index (χ0v) is 10.3. The van der Waals surface area contributed by atoms with Crippen molar-refractivity contribution in [1.29, 1.82) is 0 Å². The summed E-state index contributed by atoms with van der Waals surface area (Å²) in [6.07, 6.45) is 2.12. The van der Waals surface area contributed by atoms with Crippen LogP contribution in [-0.4, -0.2) is 27.4 Å². The van der Waals surface area contributed by atoms with Crippen molar-refractivity contribution >= 4 is 27.6 Å². The average Bonchev–Trinajstić information content (AvgIpc) is 2.23. The summed E-state index contributed by atoms with van der Waals surface area (Å²) >= 11 is 3.16. The van der Waals surface area contributed by atoms with E-state index in [1.54, 1.807) is 7.05 Å². The summed E-state index contributed by atoms with van der Waals surface area (Å²) < 4.78 is 1.62. The van der Waals surface area contributed by atoms with Crippen LogP contribution < -0.4 is 10.9 Å².